The van der Waals surface area contributed by atoms with Crippen LogP contribution in [0.5, 0.6) is 0 Å². The molecule has 0 radical (unpaired) electrons. The molecule has 0 aliphatic rings. The molecule has 0 saturated carbocycles. The number of aliphatic hydroxyl groups excluding tert-OH is 1. The van der Waals surface area contributed by atoms with Crippen molar-refractivity contribution in [2.75, 3.05) is 6.54 Å². The monoisotopic (exact) mass is 345 g/mol. The third-order valence-corrected chi connectivity index (χ3v) is 4.12. The van der Waals surface area contributed by atoms with Crippen molar-refractivity contribution in [3.8, 4) is 0 Å². The Balaban J connectivity index is 2.13. The summed E-state index contributed by atoms with van der Waals surface area (Å²) < 4.78 is 0. The Bertz CT molecular complexity index is 722. The number of carbonyl (C=O) groups excluding carboxylic acids is 2. The number of fused-ring (bicyclic) bond motifs is 1. The maximum Gasteiger partial charge on any atom is 0.242 e. The fraction of sp³-hybridized carbons (Fsp3) is 0.474. The van der Waals surface area contributed by atoms with E-state index in [1.54, 1.807) is 20.8 Å². The lowest BCUT2D eigenvalue weighted by Gasteiger charge is -2.20. The largest absolute Gasteiger partial charge is 0.393 e. The van der Waals surface area contributed by atoms with E-state index in [9.17, 15) is 14.7 Å². The molecule has 1 heterocycles. The molecule has 25 heavy (non-hydrogen) atoms. The van der Waals surface area contributed by atoms with E-state index in [2.05, 4.69) is 15.6 Å². The van der Waals surface area contributed by atoms with Gasteiger partial charge in [0.05, 0.1) is 6.10 Å². The van der Waals surface area contributed by atoms with E-state index < -0.39 is 12.1 Å². The number of aromatic nitrogens is 1. The third kappa shape index (κ3) is 5.32. The lowest BCUT2D eigenvalue weighted by Crippen LogP contribution is -2.49. The van der Waals surface area contributed by atoms with Gasteiger partial charge in [-0.05, 0) is 25.0 Å². The van der Waals surface area contributed by atoms with Crippen LogP contribution in [0.25, 0.3) is 10.9 Å². The molecule has 1 aromatic carbocycles. The molecular formula is C19H27N3O3. The molecule has 2 rings (SSSR count). The van der Waals surface area contributed by atoms with Gasteiger partial charge in [-0.1, -0.05) is 32.0 Å². The standard InChI is InChI=1S/C19H27N3O3/c1-12(2)18(24)22-17(19(25)20-9-8-13(3)23)10-14-11-21-16-7-5-4-6-15(14)16/h4-7,11-13,17,21,23H,8-10H2,1-3H3,(H,20,25)(H,22,24). The van der Waals surface area contributed by atoms with Gasteiger partial charge in [0.25, 0.3) is 0 Å². The molecule has 2 atom stereocenters. The summed E-state index contributed by atoms with van der Waals surface area (Å²) in [4.78, 5) is 27.8. The first-order chi connectivity index (χ1) is 11.9. The number of aliphatic hydroxyl groups is 1. The summed E-state index contributed by atoms with van der Waals surface area (Å²) in [5, 5.41) is 16.0. The number of aromatic amines is 1. The minimum Gasteiger partial charge on any atom is -0.393 e. The summed E-state index contributed by atoms with van der Waals surface area (Å²) in [7, 11) is 0. The van der Waals surface area contributed by atoms with Crippen molar-refractivity contribution in [2.45, 2.75) is 45.8 Å². The summed E-state index contributed by atoms with van der Waals surface area (Å²) in [5.41, 5.74) is 1.98. The van der Waals surface area contributed by atoms with Crippen LogP contribution in [0.4, 0.5) is 0 Å². The Kier molecular flexibility index (Phi) is 6.58. The van der Waals surface area contributed by atoms with E-state index in [-0.39, 0.29) is 17.7 Å². The SMILES string of the molecule is CC(O)CCNC(=O)C(Cc1c[nH]c2ccccc12)NC(=O)C(C)C. The van der Waals surface area contributed by atoms with E-state index in [4.69, 9.17) is 0 Å². The highest BCUT2D eigenvalue weighted by Gasteiger charge is 2.23. The van der Waals surface area contributed by atoms with Gasteiger partial charge in [0, 0.05) is 36.0 Å². The highest BCUT2D eigenvalue weighted by atomic mass is 16.3. The lowest BCUT2D eigenvalue weighted by atomic mass is 10.0. The molecule has 0 aliphatic heterocycles. The number of H-pyrrole nitrogens is 1. The number of para-hydroxylation sites is 1. The van der Waals surface area contributed by atoms with Gasteiger partial charge in [-0.15, -0.1) is 0 Å². The summed E-state index contributed by atoms with van der Waals surface area (Å²) >= 11 is 0. The molecule has 0 aliphatic carbocycles. The molecule has 4 N–H and O–H groups in total. The number of rotatable bonds is 8. The van der Waals surface area contributed by atoms with Crippen molar-refractivity contribution in [1.82, 2.24) is 15.6 Å². The minimum absolute atomic E-state index is 0.157. The third-order valence-electron chi connectivity index (χ3n) is 4.12. The second kappa shape index (κ2) is 8.67. The van der Waals surface area contributed by atoms with E-state index in [0.717, 1.165) is 16.5 Å². The van der Waals surface area contributed by atoms with E-state index in [1.807, 2.05) is 30.5 Å². The minimum atomic E-state index is -0.650. The predicted molar refractivity (Wildman–Crippen MR) is 98.1 cm³/mol. The molecule has 0 spiro atoms. The van der Waals surface area contributed by atoms with E-state index in [1.165, 1.54) is 0 Å². The Labute approximate surface area is 148 Å². The van der Waals surface area contributed by atoms with Gasteiger partial charge in [-0.25, -0.2) is 0 Å². The number of nitrogens with one attached hydrogen (secondary N) is 3. The molecule has 0 bridgehead atoms. The van der Waals surface area contributed by atoms with Gasteiger partial charge in [0.1, 0.15) is 6.04 Å². The van der Waals surface area contributed by atoms with E-state index >= 15 is 0 Å². The fourth-order valence-electron chi connectivity index (χ4n) is 2.60. The van der Waals surface area contributed by atoms with Crippen molar-refractivity contribution >= 4 is 22.7 Å². The van der Waals surface area contributed by atoms with Gasteiger partial charge in [-0.2, -0.15) is 0 Å². The highest BCUT2D eigenvalue weighted by Crippen LogP contribution is 2.19. The molecule has 2 aromatic rings. The average Bonchev–Trinajstić information content (AvgIpc) is 2.96. The molecule has 0 saturated heterocycles. The maximum atomic E-state index is 12.5. The first-order valence-electron chi connectivity index (χ1n) is 8.69. The quantitative estimate of drug-likeness (QED) is 0.587. The first kappa shape index (κ1) is 19.0. The number of hydrogen-bond acceptors (Lipinski definition) is 3. The molecule has 1 aromatic heterocycles. The van der Waals surface area contributed by atoms with Crippen molar-refractivity contribution in [3.63, 3.8) is 0 Å². The van der Waals surface area contributed by atoms with Crippen molar-refractivity contribution in [3.05, 3.63) is 36.0 Å². The normalized spacial score (nSPS) is 13.6. The van der Waals surface area contributed by atoms with Crippen molar-refractivity contribution in [1.29, 1.82) is 0 Å². The molecule has 6 heteroatoms. The van der Waals surface area contributed by atoms with Crippen LogP contribution < -0.4 is 10.6 Å². The van der Waals surface area contributed by atoms with Gasteiger partial charge >= 0.3 is 0 Å². The smallest absolute Gasteiger partial charge is 0.242 e. The van der Waals surface area contributed by atoms with Crippen molar-refractivity contribution in [2.24, 2.45) is 5.92 Å². The van der Waals surface area contributed by atoms with Crippen LogP contribution in [0, 0.1) is 5.92 Å². The second-order valence-electron chi connectivity index (χ2n) is 6.71. The Morgan fingerprint density at radius 2 is 1.88 bits per heavy atom. The van der Waals surface area contributed by atoms with Crippen LogP contribution in [0.1, 0.15) is 32.8 Å². The van der Waals surface area contributed by atoms with E-state index in [0.29, 0.717) is 19.4 Å². The lowest BCUT2D eigenvalue weighted by molar-refractivity contribution is -0.130. The number of carbonyl (C=O) groups is 2. The van der Waals surface area contributed by atoms with Gasteiger partial charge < -0.3 is 20.7 Å². The van der Waals surface area contributed by atoms with Crippen LogP contribution >= 0.6 is 0 Å². The zero-order chi connectivity index (χ0) is 18.4. The van der Waals surface area contributed by atoms with Gasteiger partial charge in [0.15, 0.2) is 0 Å². The molecule has 0 fully saturated rings. The van der Waals surface area contributed by atoms with Crippen LogP contribution in [0.3, 0.4) is 0 Å². The predicted octanol–water partition coefficient (Wildman–Crippen LogP) is 1.74. The van der Waals surface area contributed by atoms with Gasteiger partial charge in [0.2, 0.25) is 11.8 Å². The zero-order valence-electron chi connectivity index (χ0n) is 15.0. The zero-order valence-corrected chi connectivity index (χ0v) is 15.0. The van der Waals surface area contributed by atoms with Crippen LogP contribution in [-0.2, 0) is 16.0 Å². The molecule has 2 amide bonds. The van der Waals surface area contributed by atoms with Crippen molar-refractivity contribution < 1.29 is 14.7 Å². The topological polar surface area (TPSA) is 94.2 Å². The Morgan fingerprint density at radius 3 is 2.56 bits per heavy atom. The highest BCUT2D eigenvalue weighted by molar-refractivity contribution is 5.90. The Morgan fingerprint density at radius 1 is 1.16 bits per heavy atom. The summed E-state index contributed by atoms with van der Waals surface area (Å²) in [6, 6.07) is 7.22. The number of benzene rings is 1. The number of amides is 2. The summed E-state index contributed by atoms with van der Waals surface area (Å²) in [6.07, 6.45) is 2.28. The van der Waals surface area contributed by atoms with Gasteiger partial charge in [-0.3, -0.25) is 9.59 Å². The maximum absolute atomic E-state index is 12.5. The second-order valence-corrected chi connectivity index (χ2v) is 6.71. The average molecular weight is 345 g/mol. The summed E-state index contributed by atoms with van der Waals surface area (Å²) in [6.45, 7) is 5.64. The molecule has 136 valence electrons. The van der Waals surface area contributed by atoms with Crippen LogP contribution in [-0.4, -0.2) is 40.6 Å². The Hall–Kier alpha value is -2.34. The first-order valence-corrected chi connectivity index (χ1v) is 8.69. The molecule has 2 unspecified atom stereocenters. The fourth-order valence-corrected chi connectivity index (χ4v) is 2.60. The number of hydrogen-bond donors (Lipinski definition) is 4. The summed E-state index contributed by atoms with van der Waals surface area (Å²) in [5.74, 6) is -0.591. The molecule has 6 nitrogen and oxygen atoms in total. The van der Waals surface area contributed by atoms with Crippen LogP contribution in [0.2, 0.25) is 0 Å². The van der Waals surface area contributed by atoms with Crippen LogP contribution in [0.15, 0.2) is 30.5 Å². The molecular weight excluding hydrogens is 318 g/mol.